The van der Waals surface area contributed by atoms with Crippen LogP contribution in [-0.2, 0) is 0 Å². The van der Waals surface area contributed by atoms with Crippen LogP contribution in [0.5, 0.6) is 0 Å². The van der Waals surface area contributed by atoms with Crippen molar-refractivity contribution < 1.29 is 9.21 Å². The Kier molecular flexibility index (Phi) is 2.52. The molecule has 2 fully saturated rings. The van der Waals surface area contributed by atoms with Crippen LogP contribution in [0.3, 0.4) is 0 Å². The minimum Gasteiger partial charge on any atom is -0.458 e. The third-order valence-electron chi connectivity index (χ3n) is 3.30. The number of furan rings is 1. The topological polar surface area (TPSA) is 45.5 Å². The van der Waals surface area contributed by atoms with Gasteiger partial charge >= 0.3 is 0 Å². The summed E-state index contributed by atoms with van der Waals surface area (Å²) in [5.41, 5.74) is 0. The van der Waals surface area contributed by atoms with Crippen molar-refractivity contribution in [2.45, 2.75) is 12.5 Å². The molecule has 5 heteroatoms. The molecule has 16 heavy (non-hydrogen) atoms. The molecule has 0 radical (unpaired) electrons. The van der Waals surface area contributed by atoms with Crippen LogP contribution in [0.2, 0.25) is 0 Å². The molecule has 3 heterocycles. The van der Waals surface area contributed by atoms with Gasteiger partial charge in [-0.15, -0.1) is 0 Å². The lowest BCUT2D eigenvalue weighted by molar-refractivity contribution is 0.0659. The van der Waals surface area contributed by atoms with Crippen LogP contribution in [0.25, 0.3) is 0 Å². The third kappa shape index (κ3) is 1.78. The Hall–Kier alpha value is -0.810. The van der Waals surface area contributed by atoms with Gasteiger partial charge in [0.2, 0.25) is 0 Å². The monoisotopic (exact) mass is 284 g/mol. The van der Waals surface area contributed by atoms with Crippen molar-refractivity contribution in [2.24, 2.45) is 5.92 Å². The fraction of sp³-hybridized carbons (Fsp3) is 0.545. The summed E-state index contributed by atoms with van der Waals surface area (Å²) in [5.74, 6) is 1.04. The molecule has 0 aliphatic carbocycles. The number of hydrogen-bond donors (Lipinski definition) is 1. The van der Waals surface area contributed by atoms with Gasteiger partial charge in [-0.25, -0.2) is 0 Å². The van der Waals surface area contributed by atoms with E-state index < -0.39 is 0 Å². The number of hydrogen-bond acceptors (Lipinski definition) is 3. The first-order chi connectivity index (χ1) is 7.72. The molecule has 0 aromatic carbocycles. The molecule has 2 saturated heterocycles. The Morgan fingerprint density at radius 1 is 1.56 bits per heavy atom. The molecule has 1 amide bonds. The fourth-order valence-corrected chi connectivity index (χ4v) is 2.88. The van der Waals surface area contributed by atoms with Gasteiger partial charge in [-0.3, -0.25) is 4.79 Å². The average Bonchev–Trinajstić information content (AvgIpc) is 2.84. The summed E-state index contributed by atoms with van der Waals surface area (Å²) >= 11 is 3.28. The number of likely N-dealkylation sites (tertiary alicyclic amines) is 1. The highest BCUT2D eigenvalue weighted by atomic mass is 79.9. The quantitative estimate of drug-likeness (QED) is 0.850. The summed E-state index contributed by atoms with van der Waals surface area (Å²) in [4.78, 5) is 14.0. The Balaban J connectivity index is 1.76. The molecule has 2 atom stereocenters. The zero-order chi connectivity index (χ0) is 11.1. The predicted molar refractivity (Wildman–Crippen MR) is 62.2 cm³/mol. The molecule has 4 nitrogen and oxygen atoms in total. The van der Waals surface area contributed by atoms with Gasteiger partial charge in [0, 0.05) is 31.7 Å². The molecule has 2 aliphatic heterocycles. The molecule has 1 N–H and O–H groups in total. The lowest BCUT2D eigenvalue weighted by Gasteiger charge is -2.30. The van der Waals surface area contributed by atoms with E-state index in [0.717, 1.165) is 24.1 Å². The highest BCUT2D eigenvalue weighted by molar-refractivity contribution is 9.10. The van der Waals surface area contributed by atoms with Crippen LogP contribution in [0, 0.1) is 5.92 Å². The highest BCUT2D eigenvalue weighted by Gasteiger charge is 2.35. The van der Waals surface area contributed by atoms with E-state index >= 15 is 0 Å². The average molecular weight is 285 g/mol. The number of halogens is 1. The normalized spacial score (nSPS) is 28.4. The van der Waals surface area contributed by atoms with Crippen molar-refractivity contribution in [1.29, 1.82) is 0 Å². The second-order valence-electron chi connectivity index (χ2n) is 4.55. The van der Waals surface area contributed by atoms with Crippen LogP contribution in [0.1, 0.15) is 17.0 Å². The summed E-state index contributed by atoms with van der Waals surface area (Å²) in [7, 11) is 0. The van der Waals surface area contributed by atoms with Crippen LogP contribution >= 0.6 is 15.9 Å². The number of piperidine rings is 1. The van der Waals surface area contributed by atoms with Crippen molar-refractivity contribution in [1.82, 2.24) is 10.2 Å². The maximum Gasteiger partial charge on any atom is 0.289 e. The Labute approximate surface area is 102 Å². The molecular formula is C11H13BrN2O2. The number of nitrogens with zero attached hydrogens (tertiary/aromatic N) is 1. The Morgan fingerprint density at radius 2 is 2.44 bits per heavy atom. The van der Waals surface area contributed by atoms with Crippen molar-refractivity contribution in [3.05, 3.63) is 22.6 Å². The number of carbonyl (C=O) groups is 1. The summed E-state index contributed by atoms with van der Waals surface area (Å²) in [5, 5.41) is 3.43. The van der Waals surface area contributed by atoms with E-state index in [4.69, 9.17) is 4.42 Å². The number of fused-ring (bicyclic) bond motifs is 2. The Bertz CT molecular complexity index is 406. The third-order valence-corrected chi connectivity index (χ3v) is 3.71. The van der Waals surface area contributed by atoms with Crippen LogP contribution in [-0.4, -0.2) is 36.5 Å². The van der Waals surface area contributed by atoms with Crippen molar-refractivity contribution in [3.63, 3.8) is 0 Å². The van der Waals surface area contributed by atoms with E-state index in [2.05, 4.69) is 21.2 Å². The second kappa shape index (κ2) is 3.89. The first kappa shape index (κ1) is 10.4. The summed E-state index contributed by atoms with van der Waals surface area (Å²) in [6, 6.07) is 2.20. The molecule has 0 saturated carbocycles. The first-order valence-electron chi connectivity index (χ1n) is 5.49. The molecular weight excluding hydrogens is 272 g/mol. The predicted octanol–water partition coefficient (Wildman–Crippen LogP) is 1.48. The minimum atomic E-state index is 0.00380. The Morgan fingerprint density at radius 3 is 3.12 bits per heavy atom. The van der Waals surface area contributed by atoms with Gasteiger partial charge in [-0.2, -0.15) is 0 Å². The van der Waals surface area contributed by atoms with Gasteiger partial charge in [0.05, 0.1) is 4.47 Å². The van der Waals surface area contributed by atoms with E-state index in [9.17, 15) is 4.79 Å². The minimum absolute atomic E-state index is 0.00380. The van der Waals surface area contributed by atoms with Gasteiger partial charge in [0.15, 0.2) is 5.76 Å². The zero-order valence-corrected chi connectivity index (χ0v) is 10.4. The first-order valence-corrected chi connectivity index (χ1v) is 6.28. The molecule has 2 aliphatic rings. The molecule has 0 spiro atoms. The number of rotatable bonds is 1. The van der Waals surface area contributed by atoms with Gasteiger partial charge < -0.3 is 14.6 Å². The molecule has 2 bridgehead atoms. The van der Waals surface area contributed by atoms with Crippen LogP contribution < -0.4 is 5.32 Å². The van der Waals surface area contributed by atoms with Crippen molar-refractivity contribution in [2.75, 3.05) is 19.6 Å². The summed E-state index contributed by atoms with van der Waals surface area (Å²) in [6.07, 6.45) is 2.75. The molecule has 0 unspecified atom stereocenters. The molecule has 3 rings (SSSR count). The highest BCUT2D eigenvalue weighted by Crippen LogP contribution is 2.24. The lowest BCUT2D eigenvalue weighted by Crippen LogP contribution is -2.44. The van der Waals surface area contributed by atoms with Gasteiger partial charge in [0.1, 0.15) is 6.26 Å². The van der Waals surface area contributed by atoms with E-state index in [0.29, 0.717) is 17.7 Å². The van der Waals surface area contributed by atoms with E-state index in [-0.39, 0.29) is 5.91 Å². The molecule has 1 aromatic heterocycles. The summed E-state index contributed by atoms with van der Waals surface area (Å²) < 4.78 is 6.03. The maximum absolute atomic E-state index is 12.1. The SMILES string of the molecule is O=C(c1cc(Br)co1)N1C[C@@H]2CN[C@@H](C2)C1. The van der Waals surface area contributed by atoms with Crippen LogP contribution in [0.15, 0.2) is 21.2 Å². The van der Waals surface area contributed by atoms with E-state index in [1.165, 1.54) is 6.42 Å². The lowest BCUT2D eigenvalue weighted by atomic mass is 10.00. The van der Waals surface area contributed by atoms with Crippen molar-refractivity contribution in [3.8, 4) is 0 Å². The van der Waals surface area contributed by atoms with Crippen LogP contribution in [0.4, 0.5) is 0 Å². The zero-order valence-electron chi connectivity index (χ0n) is 8.78. The summed E-state index contributed by atoms with van der Waals surface area (Å²) in [6.45, 7) is 2.69. The van der Waals surface area contributed by atoms with E-state index in [1.54, 1.807) is 12.3 Å². The van der Waals surface area contributed by atoms with E-state index in [1.807, 2.05) is 4.90 Å². The maximum atomic E-state index is 12.1. The second-order valence-corrected chi connectivity index (χ2v) is 5.46. The van der Waals surface area contributed by atoms with Gasteiger partial charge in [-0.1, -0.05) is 0 Å². The van der Waals surface area contributed by atoms with Crippen molar-refractivity contribution >= 4 is 21.8 Å². The molecule has 86 valence electrons. The largest absolute Gasteiger partial charge is 0.458 e. The standard InChI is InChI=1S/C11H13BrN2O2/c12-8-2-10(16-6-8)11(15)14-4-7-1-9(5-14)13-3-7/h2,6-7,9,13H,1,3-5H2/t7-,9-/m0/s1. The number of nitrogens with one attached hydrogen (secondary N) is 1. The fourth-order valence-electron chi connectivity index (χ4n) is 2.58. The van der Waals surface area contributed by atoms with Gasteiger partial charge in [-0.05, 0) is 28.3 Å². The van der Waals surface area contributed by atoms with Gasteiger partial charge in [0.25, 0.3) is 5.91 Å². The smallest absolute Gasteiger partial charge is 0.289 e. The molecule has 1 aromatic rings. The number of amides is 1. The number of carbonyl (C=O) groups excluding carboxylic acids is 1.